The van der Waals surface area contributed by atoms with Gasteiger partial charge in [0.05, 0.1) is 12.1 Å². The van der Waals surface area contributed by atoms with Gasteiger partial charge in [0.15, 0.2) is 0 Å². The van der Waals surface area contributed by atoms with Crippen molar-refractivity contribution in [2.24, 2.45) is 0 Å². The molecule has 0 aliphatic carbocycles. The average molecular weight is 286 g/mol. The van der Waals surface area contributed by atoms with Crippen molar-refractivity contribution in [1.29, 1.82) is 0 Å². The maximum atomic E-state index is 5.82. The van der Waals surface area contributed by atoms with Gasteiger partial charge in [-0.2, -0.15) is 0 Å². The van der Waals surface area contributed by atoms with E-state index in [0.29, 0.717) is 6.04 Å². The first-order valence-corrected chi connectivity index (χ1v) is 8.00. The number of fused-ring (bicyclic) bond motifs is 1. The van der Waals surface area contributed by atoms with E-state index in [1.54, 1.807) is 0 Å². The molecule has 0 aliphatic heterocycles. The maximum Gasteiger partial charge on any atom is 0.121 e. The summed E-state index contributed by atoms with van der Waals surface area (Å²) in [5.74, 6) is 0.915. The van der Waals surface area contributed by atoms with Gasteiger partial charge >= 0.3 is 0 Å². The number of nitrogens with one attached hydrogen (secondary N) is 1. The normalized spacial score (nSPS) is 12.5. The number of hydrogen-bond donors (Lipinski definition) is 1. The van der Waals surface area contributed by atoms with Crippen LogP contribution in [-0.2, 0) is 0 Å². The van der Waals surface area contributed by atoms with Crippen molar-refractivity contribution in [1.82, 2.24) is 10.3 Å². The number of hydrogen-bond acceptors (Lipinski definition) is 3. The Morgan fingerprint density at radius 3 is 3.00 bits per heavy atom. The fourth-order valence-corrected chi connectivity index (χ4v) is 2.37. The molecule has 3 heteroatoms. The quantitative estimate of drug-likeness (QED) is 0.702. The third kappa shape index (κ3) is 5.35. The zero-order chi connectivity index (χ0) is 14.9. The highest BCUT2D eigenvalue weighted by Crippen LogP contribution is 2.19. The molecule has 1 aromatic carbocycles. The molecule has 1 aromatic heterocycles. The van der Waals surface area contributed by atoms with E-state index in [1.165, 1.54) is 19.3 Å². The topological polar surface area (TPSA) is 34.1 Å². The molecular formula is C18H26N2O. The molecule has 0 aliphatic rings. The number of benzene rings is 1. The van der Waals surface area contributed by atoms with Crippen molar-refractivity contribution in [2.75, 3.05) is 13.2 Å². The summed E-state index contributed by atoms with van der Waals surface area (Å²) < 4.78 is 5.82. The monoisotopic (exact) mass is 286 g/mol. The van der Waals surface area contributed by atoms with E-state index >= 15 is 0 Å². The van der Waals surface area contributed by atoms with E-state index in [1.807, 2.05) is 24.4 Å². The fraction of sp³-hybridized carbons (Fsp3) is 0.500. The Balaban J connectivity index is 1.68. The molecule has 2 aromatic rings. The number of ether oxygens (including phenoxy) is 1. The van der Waals surface area contributed by atoms with E-state index in [9.17, 15) is 0 Å². The fourth-order valence-electron chi connectivity index (χ4n) is 2.37. The Morgan fingerprint density at radius 2 is 2.14 bits per heavy atom. The molecule has 0 spiro atoms. The van der Waals surface area contributed by atoms with Crippen LogP contribution in [0.25, 0.3) is 10.9 Å². The summed E-state index contributed by atoms with van der Waals surface area (Å²) in [4.78, 5) is 4.35. The van der Waals surface area contributed by atoms with E-state index < -0.39 is 0 Å². The Hall–Kier alpha value is -1.61. The predicted octanol–water partition coefficient (Wildman–Crippen LogP) is 4.17. The van der Waals surface area contributed by atoms with Crippen LogP contribution in [0, 0.1) is 0 Å². The van der Waals surface area contributed by atoms with Crippen molar-refractivity contribution in [3.05, 3.63) is 36.5 Å². The van der Waals surface area contributed by atoms with Crippen LogP contribution in [-0.4, -0.2) is 24.2 Å². The molecule has 3 nitrogen and oxygen atoms in total. The average Bonchev–Trinajstić information content (AvgIpc) is 2.52. The van der Waals surface area contributed by atoms with Gasteiger partial charge in [0, 0.05) is 23.7 Å². The third-order valence-corrected chi connectivity index (χ3v) is 3.62. The lowest BCUT2D eigenvalue weighted by atomic mass is 10.1. The number of pyridine rings is 1. The molecule has 1 unspecified atom stereocenters. The lowest BCUT2D eigenvalue weighted by Crippen LogP contribution is -2.26. The zero-order valence-corrected chi connectivity index (χ0v) is 13.1. The largest absolute Gasteiger partial charge is 0.494 e. The van der Waals surface area contributed by atoms with Crippen molar-refractivity contribution in [3.63, 3.8) is 0 Å². The van der Waals surface area contributed by atoms with Gasteiger partial charge in [0.2, 0.25) is 0 Å². The lowest BCUT2D eigenvalue weighted by molar-refractivity contribution is 0.302. The SMILES string of the molecule is CCCNC(C)CCCCOc1ccc2cccnc2c1. The summed E-state index contributed by atoms with van der Waals surface area (Å²) >= 11 is 0. The van der Waals surface area contributed by atoms with Crippen LogP contribution in [0.1, 0.15) is 39.5 Å². The highest BCUT2D eigenvalue weighted by Gasteiger charge is 2.01. The van der Waals surface area contributed by atoms with Crippen LogP contribution < -0.4 is 10.1 Å². The minimum Gasteiger partial charge on any atom is -0.494 e. The number of nitrogens with zero attached hydrogens (tertiary/aromatic N) is 1. The van der Waals surface area contributed by atoms with Crippen LogP contribution in [0.2, 0.25) is 0 Å². The maximum absolute atomic E-state index is 5.82. The van der Waals surface area contributed by atoms with Crippen LogP contribution in [0.15, 0.2) is 36.5 Å². The summed E-state index contributed by atoms with van der Waals surface area (Å²) in [6.45, 7) is 6.35. The molecule has 1 N–H and O–H groups in total. The first-order chi connectivity index (χ1) is 10.3. The van der Waals surface area contributed by atoms with Crippen molar-refractivity contribution < 1.29 is 4.74 Å². The Bertz CT molecular complexity index is 541. The van der Waals surface area contributed by atoms with Crippen molar-refractivity contribution in [3.8, 4) is 5.75 Å². The van der Waals surface area contributed by atoms with Crippen LogP contribution in [0.5, 0.6) is 5.75 Å². The van der Waals surface area contributed by atoms with Gasteiger partial charge in [-0.25, -0.2) is 0 Å². The molecule has 0 fully saturated rings. The van der Waals surface area contributed by atoms with Crippen molar-refractivity contribution in [2.45, 2.75) is 45.6 Å². The van der Waals surface area contributed by atoms with E-state index in [4.69, 9.17) is 4.74 Å². The molecule has 1 atom stereocenters. The number of rotatable bonds is 9. The van der Waals surface area contributed by atoms with Gasteiger partial charge in [-0.1, -0.05) is 13.0 Å². The summed E-state index contributed by atoms with van der Waals surface area (Å²) in [5, 5.41) is 4.67. The Morgan fingerprint density at radius 1 is 1.24 bits per heavy atom. The summed E-state index contributed by atoms with van der Waals surface area (Å²) in [6.07, 6.45) is 6.52. The van der Waals surface area contributed by atoms with Gasteiger partial charge in [-0.15, -0.1) is 0 Å². The minimum atomic E-state index is 0.606. The molecule has 0 radical (unpaired) electrons. The molecular weight excluding hydrogens is 260 g/mol. The molecule has 0 bridgehead atoms. The highest BCUT2D eigenvalue weighted by molar-refractivity contribution is 5.79. The summed E-state index contributed by atoms with van der Waals surface area (Å²) in [7, 11) is 0. The minimum absolute atomic E-state index is 0.606. The molecule has 0 amide bonds. The first-order valence-electron chi connectivity index (χ1n) is 8.00. The molecule has 2 rings (SSSR count). The third-order valence-electron chi connectivity index (χ3n) is 3.62. The number of unbranched alkanes of at least 4 members (excludes halogenated alkanes) is 1. The smallest absolute Gasteiger partial charge is 0.121 e. The Labute approximate surface area is 127 Å². The van der Waals surface area contributed by atoms with E-state index in [0.717, 1.165) is 36.2 Å². The van der Waals surface area contributed by atoms with Gasteiger partial charge < -0.3 is 10.1 Å². The first kappa shape index (κ1) is 15.8. The van der Waals surface area contributed by atoms with Gasteiger partial charge in [0.25, 0.3) is 0 Å². The molecule has 21 heavy (non-hydrogen) atoms. The highest BCUT2D eigenvalue weighted by atomic mass is 16.5. The summed E-state index contributed by atoms with van der Waals surface area (Å²) in [6, 6.07) is 10.7. The second-order valence-corrected chi connectivity index (χ2v) is 5.56. The van der Waals surface area contributed by atoms with E-state index in [-0.39, 0.29) is 0 Å². The van der Waals surface area contributed by atoms with Gasteiger partial charge in [-0.05, 0) is 57.4 Å². The standard InChI is InChI=1S/C18H26N2O/c1-3-11-19-15(2)7-4-5-13-21-17-10-9-16-8-6-12-20-18(16)14-17/h6,8-10,12,14-15,19H,3-5,7,11,13H2,1-2H3. The zero-order valence-electron chi connectivity index (χ0n) is 13.1. The molecule has 0 saturated heterocycles. The van der Waals surface area contributed by atoms with E-state index in [2.05, 4.69) is 36.3 Å². The predicted molar refractivity (Wildman–Crippen MR) is 88.8 cm³/mol. The van der Waals surface area contributed by atoms with Crippen LogP contribution in [0.3, 0.4) is 0 Å². The summed E-state index contributed by atoms with van der Waals surface area (Å²) in [5.41, 5.74) is 0.993. The molecule has 1 heterocycles. The second kappa shape index (κ2) is 8.63. The van der Waals surface area contributed by atoms with Crippen molar-refractivity contribution >= 4 is 10.9 Å². The Kier molecular flexibility index (Phi) is 6.48. The van der Waals surface area contributed by atoms with Gasteiger partial charge in [-0.3, -0.25) is 4.98 Å². The molecule has 114 valence electrons. The van der Waals surface area contributed by atoms with Crippen LogP contribution >= 0.6 is 0 Å². The lowest BCUT2D eigenvalue weighted by Gasteiger charge is -2.13. The van der Waals surface area contributed by atoms with Crippen LogP contribution in [0.4, 0.5) is 0 Å². The number of aromatic nitrogens is 1. The molecule has 0 saturated carbocycles. The van der Waals surface area contributed by atoms with Gasteiger partial charge in [0.1, 0.15) is 5.75 Å². The second-order valence-electron chi connectivity index (χ2n) is 5.56.